The first-order valence-corrected chi connectivity index (χ1v) is 8.38. The molecule has 3 rings (SSSR count). The van der Waals surface area contributed by atoms with Crippen LogP contribution in [0.2, 0.25) is 0 Å². The summed E-state index contributed by atoms with van der Waals surface area (Å²) in [5, 5.41) is 5.83. The largest absolute Gasteiger partial charge is 0.348 e. The number of amides is 1. The minimum absolute atomic E-state index is 0.0431. The fourth-order valence-electron chi connectivity index (χ4n) is 2.69. The van der Waals surface area contributed by atoms with E-state index in [9.17, 15) is 4.79 Å². The highest BCUT2D eigenvalue weighted by Gasteiger charge is 2.17. The van der Waals surface area contributed by atoms with Gasteiger partial charge in [-0.2, -0.15) is 0 Å². The Morgan fingerprint density at radius 3 is 2.57 bits per heavy atom. The molecule has 2 aromatic heterocycles. The first-order chi connectivity index (χ1) is 10.3. The number of nitrogens with one attached hydrogen (secondary N) is 1. The van der Waals surface area contributed by atoms with E-state index in [1.165, 1.54) is 37.0 Å². The van der Waals surface area contributed by atoms with Crippen LogP contribution < -0.4 is 5.32 Å². The molecule has 0 unspecified atom stereocenters. The van der Waals surface area contributed by atoms with E-state index in [0.29, 0.717) is 11.7 Å². The van der Waals surface area contributed by atoms with Gasteiger partial charge in [0.2, 0.25) is 0 Å². The molecule has 0 aromatic carbocycles. The molecule has 0 aliphatic heterocycles. The molecule has 0 radical (unpaired) electrons. The Balaban J connectivity index is 1.66. The number of carbonyl (C=O) groups excluding carboxylic acids is 1. The summed E-state index contributed by atoms with van der Waals surface area (Å²) < 4.78 is 0. The summed E-state index contributed by atoms with van der Waals surface area (Å²) in [5.74, 6) is -0.0431. The van der Waals surface area contributed by atoms with Gasteiger partial charge in [0.15, 0.2) is 0 Å². The zero-order valence-electron chi connectivity index (χ0n) is 11.9. The second kappa shape index (κ2) is 6.80. The van der Waals surface area contributed by atoms with Gasteiger partial charge in [-0.25, -0.2) is 4.98 Å². The van der Waals surface area contributed by atoms with E-state index in [1.807, 2.05) is 17.5 Å². The van der Waals surface area contributed by atoms with Gasteiger partial charge in [0.25, 0.3) is 5.91 Å². The Kier molecular flexibility index (Phi) is 4.60. The normalized spacial score (nSPS) is 16.4. The third-order valence-electron chi connectivity index (χ3n) is 3.85. The fourth-order valence-corrected chi connectivity index (χ4v) is 3.49. The van der Waals surface area contributed by atoms with Gasteiger partial charge in [0.1, 0.15) is 10.7 Å². The van der Waals surface area contributed by atoms with E-state index >= 15 is 0 Å². The number of thiazole rings is 1. The van der Waals surface area contributed by atoms with Crippen molar-refractivity contribution < 1.29 is 4.79 Å². The summed E-state index contributed by atoms with van der Waals surface area (Å²) in [4.78, 5) is 20.7. The fraction of sp³-hybridized carbons (Fsp3) is 0.438. The average molecular weight is 301 g/mol. The van der Waals surface area contributed by atoms with Crippen LogP contribution in [0.4, 0.5) is 0 Å². The van der Waals surface area contributed by atoms with Gasteiger partial charge in [-0.3, -0.25) is 9.78 Å². The Hall–Kier alpha value is -1.75. The maximum Gasteiger partial charge on any atom is 0.270 e. The highest BCUT2D eigenvalue weighted by Crippen LogP contribution is 2.23. The molecule has 2 aromatic rings. The summed E-state index contributed by atoms with van der Waals surface area (Å²) in [5.41, 5.74) is 1.53. The second-order valence-corrected chi connectivity index (χ2v) is 6.29. The number of hydrogen-bond donors (Lipinski definition) is 1. The van der Waals surface area contributed by atoms with Crippen LogP contribution in [0, 0.1) is 0 Å². The van der Waals surface area contributed by atoms with E-state index in [2.05, 4.69) is 15.3 Å². The average Bonchev–Trinajstić information content (AvgIpc) is 2.88. The van der Waals surface area contributed by atoms with Gasteiger partial charge in [0.05, 0.1) is 0 Å². The van der Waals surface area contributed by atoms with Gasteiger partial charge in [-0.05, 0) is 25.0 Å². The number of pyridine rings is 1. The zero-order valence-corrected chi connectivity index (χ0v) is 12.7. The van der Waals surface area contributed by atoms with E-state index in [-0.39, 0.29) is 5.91 Å². The van der Waals surface area contributed by atoms with Crippen molar-refractivity contribution in [2.75, 3.05) is 0 Å². The topological polar surface area (TPSA) is 54.9 Å². The molecule has 1 N–H and O–H groups in total. The van der Waals surface area contributed by atoms with Crippen molar-refractivity contribution in [1.82, 2.24) is 15.3 Å². The molecule has 2 heterocycles. The molecule has 4 nitrogen and oxygen atoms in total. The number of aromatic nitrogens is 2. The quantitative estimate of drug-likeness (QED) is 0.880. The maximum absolute atomic E-state index is 12.3. The molecule has 1 fully saturated rings. The van der Waals surface area contributed by atoms with Crippen LogP contribution in [-0.2, 0) is 0 Å². The van der Waals surface area contributed by atoms with Crippen molar-refractivity contribution in [2.24, 2.45) is 0 Å². The van der Waals surface area contributed by atoms with Crippen LogP contribution in [0.1, 0.15) is 49.0 Å². The van der Waals surface area contributed by atoms with Gasteiger partial charge in [0, 0.05) is 29.4 Å². The highest BCUT2D eigenvalue weighted by molar-refractivity contribution is 7.13. The molecule has 0 atom stereocenters. The second-order valence-electron chi connectivity index (χ2n) is 5.44. The third-order valence-corrected chi connectivity index (χ3v) is 4.75. The number of nitrogens with zero attached hydrogens (tertiary/aromatic N) is 2. The molecule has 1 amide bonds. The van der Waals surface area contributed by atoms with Crippen molar-refractivity contribution in [2.45, 2.75) is 44.6 Å². The Bertz CT molecular complexity index is 589. The summed E-state index contributed by atoms with van der Waals surface area (Å²) in [6.45, 7) is 0. The third kappa shape index (κ3) is 3.67. The summed E-state index contributed by atoms with van der Waals surface area (Å²) in [6, 6.07) is 4.13. The lowest BCUT2D eigenvalue weighted by molar-refractivity contribution is 0.0929. The monoisotopic (exact) mass is 301 g/mol. The molecule has 0 saturated heterocycles. The first kappa shape index (κ1) is 14.2. The lowest BCUT2D eigenvalue weighted by atomic mass is 10.1. The van der Waals surface area contributed by atoms with Crippen molar-refractivity contribution >= 4 is 17.2 Å². The van der Waals surface area contributed by atoms with E-state index in [4.69, 9.17) is 0 Å². The lowest BCUT2D eigenvalue weighted by Crippen LogP contribution is -2.34. The van der Waals surface area contributed by atoms with Crippen LogP contribution in [-0.4, -0.2) is 21.9 Å². The highest BCUT2D eigenvalue weighted by atomic mass is 32.1. The molecule has 21 heavy (non-hydrogen) atoms. The summed E-state index contributed by atoms with van der Waals surface area (Å²) in [6.07, 6.45) is 10.7. The Morgan fingerprint density at radius 1 is 1.14 bits per heavy atom. The van der Waals surface area contributed by atoms with Crippen LogP contribution >= 0.6 is 11.3 Å². The van der Waals surface area contributed by atoms with Crippen LogP contribution in [0.25, 0.3) is 10.6 Å². The minimum Gasteiger partial charge on any atom is -0.348 e. The van der Waals surface area contributed by atoms with Crippen molar-refractivity contribution in [3.8, 4) is 10.6 Å². The number of carbonyl (C=O) groups is 1. The van der Waals surface area contributed by atoms with Gasteiger partial charge >= 0.3 is 0 Å². The maximum atomic E-state index is 12.3. The summed E-state index contributed by atoms with van der Waals surface area (Å²) in [7, 11) is 0. The van der Waals surface area contributed by atoms with Crippen molar-refractivity contribution in [3.63, 3.8) is 0 Å². The van der Waals surface area contributed by atoms with E-state index in [0.717, 1.165) is 23.4 Å². The Morgan fingerprint density at radius 2 is 1.86 bits per heavy atom. The number of rotatable bonds is 3. The Labute approximate surface area is 128 Å². The van der Waals surface area contributed by atoms with Gasteiger partial charge < -0.3 is 5.32 Å². The molecule has 1 aliphatic carbocycles. The van der Waals surface area contributed by atoms with Crippen LogP contribution in [0.5, 0.6) is 0 Å². The van der Waals surface area contributed by atoms with Crippen LogP contribution in [0.3, 0.4) is 0 Å². The predicted octanol–water partition coefficient (Wildman–Crippen LogP) is 3.66. The van der Waals surface area contributed by atoms with E-state index in [1.54, 1.807) is 12.4 Å². The molecule has 5 heteroatoms. The SMILES string of the molecule is O=C(NC1CCCCCC1)c1csc(-c2ccncc2)n1. The van der Waals surface area contributed by atoms with Crippen LogP contribution in [0.15, 0.2) is 29.9 Å². The number of hydrogen-bond acceptors (Lipinski definition) is 4. The smallest absolute Gasteiger partial charge is 0.270 e. The standard InChI is InChI=1S/C16H19N3OS/c20-15(18-13-5-3-1-2-4-6-13)14-11-21-16(19-14)12-7-9-17-10-8-12/h7-11,13H,1-6H2,(H,18,20). The van der Waals surface area contributed by atoms with Gasteiger partial charge in [-0.15, -0.1) is 11.3 Å². The molecular weight excluding hydrogens is 282 g/mol. The molecule has 110 valence electrons. The summed E-state index contributed by atoms with van der Waals surface area (Å²) >= 11 is 1.50. The molecular formula is C16H19N3OS. The zero-order chi connectivity index (χ0) is 14.5. The predicted molar refractivity (Wildman–Crippen MR) is 84.3 cm³/mol. The molecule has 1 aliphatic rings. The molecule has 1 saturated carbocycles. The minimum atomic E-state index is -0.0431. The molecule has 0 spiro atoms. The molecule has 0 bridgehead atoms. The van der Waals surface area contributed by atoms with Crippen molar-refractivity contribution in [1.29, 1.82) is 0 Å². The van der Waals surface area contributed by atoms with Gasteiger partial charge in [-0.1, -0.05) is 25.7 Å². The van der Waals surface area contributed by atoms with Crippen molar-refractivity contribution in [3.05, 3.63) is 35.6 Å². The van der Waals surface area contributed by atoms with E-state index < -0.39 is 0 Å². The lowest BCUT2D eigenvalue weighted by Gasteiger charge is -2.15. The first-order valence-electron chi connectivity index (χ1n) is 7.50.